The molecule has 0 spiro atoms. The zero-order valence-corrected chi connectivity index (χ0v) is 14.9. The Morgan fingerprint density at radius 2 is 1.96 bits per heavy atom. The molecule has 1 fully saturated rings. The summed E-state index contributed by atoms with van der Waals surface area (Å²) in [5, 5.41) is 0. The third-order valence-corrected chi connectivity index (χ3v) is 5.26. The van der Waals surface area contributed by atoms with Crippen molar-refractivity contribution in [3.8, 4) is 0 Å². The fraction of sp³-hybridized carbons (Fsp3) is 0.650. The second-order valence-corrected chi connectivity index (χ2v) is 7.40. The number of hydrogen-bond donors (Lipinski definition) is 1. The van der Waals surface area contributed by atoms with Crippen molar-refractivity contribution in [3.05, 3.63) is 30.3 Å². The van der Waals surface area contributed by atoms with E-state index in [1.54, 1.807) is 0 Å². The number of benzene rings is 1. The van der Waals surface area contributed by atoms with Crippen LogP contribution in [0.5, 0.6) is 0 Å². The molecule has 3 atom stereocenters. The van der Waals surface area contributed by atoms with Gasteiger partial charge in [-0.05, 0) is 55.7 Å². The van der Waals surface area contributed by atoms with Gasteiger partial charge in [-0.1, -0.05) is 45.4 Å². The van der Waals surface area contributed by atoms with Crippen molar-refractivity contribution >= 4 is 11.6 Å². The van der Waals surface area contributed by atoms with Crippen LogP contribution in [0.15, 0.2) is 30.3 Å². The molecule has 0 saturated heterocycles. The largest absolute Gasteiger partial charge is 0.330 e. The highest BCUT2D eigenvalue weighted by molar-refractivity contribution is 5.95. The molecule has 0 aliphatic heterocycles. The maximum absolute atomic E-state index is 13.4. The van der Waals surface area contributed by atoms with Crippen LogP contribution in [-0.4, -0.2) is 19.0 Å². The number of nitrogens with zero attached hydrogens (tertiary/aromatic N) is 1. The minimum Gasteiger partial charge on any atom is -0.330 e. The molecule has 23 heavy (non-hydrogen) atoms. The summed E-state index contributed by atoms with van der Waals surface area (Å²) in [6.45, 7) is 8.13. The predicted octanol–water partition coefficient (Wildman–Crippen LogP) is 4.08. The van der Waals surface area contributed by atoms with Gasteiger partial charge in [0.05, 0.1) is 0 Å². The third-order valence-electron chi connectivity index (χ3n) is 5.26. The van der Waals surface area contributed by atoms with E-state index in [1.807, 2.05) is 35.2 Å². The van der Waals surface area contributed by atoms with E-state index in [-0.39, 0.29) is 5.92 Å². The molecule has 1 aliphatic carbocycles. The number of carbonyl (C=O) groups is 1. The van der Waals surface area contributed by atoms with E-state index in [4.69, 9.17) is 5.73 Å². The van der Waals surface area contributed by atoms with Gasteiger partial charge in [0.2, 0.25) is 5.91 Å². The van der Waals surface area contributed by atoms with Crippen molar-refractivity contribution in [2.75, 3.05) is 18.0 Å². The van der Waals surface area contributed by atoms with Gasteiger partial charge in [-0.3, -0.25) is 4.79 Å². The summed E-state index contributed by atoms with van der Waals surface area (Å²) in [4.78, 5) is 15.3. The Labute approximate surface area is 141 Å². The number of para-hydroxylation sites is 1. The van der Waals surface area contributed by atoms with Gasteiger partial charge in [-0.25, -0.2) is 0 Å². The molecule has 1 saturated carbocycles. The van der Waals surface area contributed by atoms with Crippen molar-refractivity contribution < 1.29 is 4.79 Å². The summed E-state index contributed by atoms with van der Waals surface area (Å²) in [5.41, 5.74) is 6.70. The van der Waals surface area contributed by atoms with Gasteiger partial charge in [-0.15, -0.1) is 0 Å². The maximum atomic E-state index is 13.4. The van der Waals surface area contributed by atoms with Crippen molar-refractivity contribution in [2.45, 2.75) is 46.5 Å². The molecule has 1 amide bonds. The predicted molar refractivity (Wildman–Crippen MR) is 97.3 cm³/mol. The Hall–Kier alpha value is -1.35. The number of hydrogen-bond acceptors (Lipinski definition) is 2. The molecule has 1 aromatic rings. The quantitative estimate of drug-likeness (QED) is 0.859. The Bertz CT molecular complexity index is 486. The van der Waals surface area contributed by atoms with Gasteiger partial charge < -0.3 is 10.6 Å². The maximum Gasteiger partial charge on any atom is 0.230 e. The SMILES string of the molecule is CC(C)[C@@H]1CC[C@@H](C)C[C@H]1C(=O)N(CCCN)c1ccccc1. The molecule has 0 bridgehead atoms. The molecule has 0 radical (unpaired) electrons. The molecule has 0 heterocycles. The molecular weight excluding hydrogens is 284 g/mol. The van der Waals surface area contributed by atoms with Gasteiger partial charge >= 0.3 is 0 Å². The average molecular weight is 316 g/mol. The van der Waals surface area contributed by atoms with E-state index in [2.05, 4.69) is 20.8 Å². The highest BCUT2D eigenvalue weighted by Crippen LogP contribution is 2.39. The Morgan fingerprint density at radius 3 is 2.57 bits per heavy atom. The smallest absolute Gasteiger partial charge is 0.230 e. The van der Waals surface area contributed by atoms with E-state index in [1.165, 1.54) is 12.8 Å². The Kier molecular flexibility index (Phi) is 6.64. The van der Waals surface area contributed by atoms with Gasteiger partial charge in [0.1, 0.15) is 0 Å². The van der Waals surface area contributed by atoms with Crippen LogP contribution in [0, 0.1) is 23.7 Å². The van der Waals surface area contributed by atoms with E-state index in [0.29, 0.717) is 30.2 Å². The van der Waals surface area contributed by atoms with Gasteiger partial charge in [0.15, 0.2) is 0 Å². The highest BCUT2D eigenvalue weighted by atomic mass is 16.2. The first-order chi connectivity index (χ1) is 11.0. The Morgan fingerprint density at radius 1 is 1.26 bits per heavy atom. The molecule has 1 aliphatic rings. The van der Waals surface area contributed by atoms with E-state index in [9.17, 15) is 4.79 Å². The Balaban J connectivity index is 2.23. The third kappa shape index (κ3) is 4.57. The molecule has 3 heteroatoms. The summed E-state index contributed by atoms with van der Waals surface area (Å²) >= 11 is 0. The van der Waals surface area contributed by atoms with E-state index < -0.39 is 0 Å². The fourth-order valence-corrected chi connectivity index (χ4v) is 3.91. The van der Waals surface area contributed by atoms with E-state index >= 15 is 0 Å². The number of anilines is 1. The van der Waals surface area contributed by atoms with Gasteiger partial charge in [-0.2, -0.15) is 0 Å². The number of rotatable bonds is 6. The van der Waals surface area contributed by atoms with Crippen LogP contribution in [-0.2, 0) is 4.79 Å². The molecular formula is C20H32N2O. The zero-order valence-electron chi connectivity index (χ0n) is 14.9. The van der Waals surface area contributed by atoms with Gasteiger partial charge in [0.25, 0.3) is 0 Å². The molecule has 2 rings (SSSR count). The van der Waals surface area contributed by atoms with Crippen LogP contribution < -0.4 is 10.6 Å². The van der Waals surface area contributed by atoms with Crippen molar-refractivity contribution in [3.63, 3.8) is 0 Å². The first-order valence-electron chi connectivity index (χ1n) is 9.11. The topological polar surface area (TPSA) is 46.3 Å². The fourth-order valence-electron chi connectivity index (χ4n) is 3.91. The number of amides is 1. The summed E-state index contributed by atoms with van der Waals surface area (Å²) in [5.74, 6) is 2.16. The molecule has 0 aromatic heterocycles. The normalized spacial score (nSPS) is 24.7. The van der Waals surface area contributed by atoms with Crippen LogP contribution >= 0.6 is 0 Å². The molecule has 2 N–H and O–H groups in total. The standard InChI is InChI=1S/C20H32N2O/c1-15(2)18-11-10-16(3)14-19(18)20(23)22(13-7-12-21)17-8-5-4-6-9-17/h4-6,8-9,15-16,18-19H,7,10-14,21H2,1-3H3/t16-,18+,19-/m1/s1. The molecule has 1 aromatic carbocycles. The monoisotopic (exact) mass is 316 g/mol. The zero-order chi connectivity index (χ0) is 16.8. The van der Waals surface area contributed by atoms with Gasteiger partial charge in [0, 0.05) is 18.2 Å². The lowest BCUT2D eigenvalue weighted by molar-refractivity contribution is -0.126. The average Bonchev–Trinajstić information content (AvgIpc) is 2.55. The van der Waals surface area contributed by atoms with Crippen LogP contribution in [0.3, 0.4) is 0 Å². The summed E-state index contributed by atoms with van der Waals surface area (Å²) < 4.78 is 0. The second-order valence-electron chi connectivity index (χ2n) is 7.40. The number of carbonyl (C=O) groups excluding carboxylic acids is 1. The molecule has 3 nitrogen and oxygen atoms in total. The van der Waals surface area contributed by atoms with Crippen molar-refractivity contribution in [1.29, 1.82) is 0 Å². The van der Waals surface area contributed by atoms with Crippen LogP contribution in [0.2, 0.25) is 0 Å². The minimum atomic E-state index is 0.150. The highest BCUT2D eigenvalue weighted by Gasteiger charge is 2.37. The van der Waals surface area contributed by atoms with Crippen LogP contribution in [0.25, 0.3) is 0 Å². The molecule has 128 valence electrons. The lowest BCUT2D eigenvalue weighted by Gasteiger charge is -2.39. The first-order valence-corrected chi connectivity index (χ1v) is 9.11. The second kappa shape index (κ2) is 8.49. The summed E-state index contributed by atoms with van der Waals surface area (Å²) in [6.07, 6.45) is 4.29. The van der Waals surface area contributed by atoms with Crippen LogP contribution in [0.4, 0.5) is 5.69 Å². The summed E-state index contributed by atoms with van der Waals surface area (Å²) in [7, 11) is 0. The number of nitrogens with two attached hydrogens (primary N) is 1. The lowest BCUT2D eigenvalue weighted by Crippen LogP contribution is -2.43. The van der Waals surface area contributed by atoms with Crippen molar-refractivity contribution in [2.24, 2.45) is 29.4 Å². The lowest BCUT2D eigenvalue weighted by atomic mass is 9.69. The van der Waals surface area contributed by atoms with Crippen LogP contribution in [0.1, 0.15) is 46.5 Å². The minimum absolute atomic E-state index is 0.150. The van der Waals surface area contributed by atoms with E-state index in [0.717, 1.165) is 25.1 Å². The van der Waals surface area contributed by atoms with Crippen molar-refractivity contribution in [1.82, 2.24) is 0 Å². The molecule has 0 unspecified atom stereocenters. The first kappa shape index (κ1) is 18.0. The summed E-state index contributed by atoms with van der Waals surface area (Å²) in [6, 6.07) is 10.1.